The van der Waals surface area contributed by atoms with Crippen molar-refractivity contribution in [3.8, 4) is 11.8 Å². The second kappa shape index (κ2) is 8.83. The van der Waals surface area contributed by atoms with Crippen LogP contribution >= 0.6 is 0 Å². The van der Waals surface area contributed by atoms with Gasteiger partial charge < -0.3 is 0 Å². The molecule has 0 atom stereocenters. The lowest BCUT2D eigenvalue weighted by molar-refractivity contribution is 0.104. The standard InChI is InChI=1S/C26H22O/c1-20(2)23-16-12-22(13-17-23)14-18-24-10-6-7-11-25(24)26(27)19-15-21-8-4-3-5-9-21/h3-13,15-17,19-20H,1-2H3/b19-15+. The van der Waals surface area contributed by atoms with Crippen molar-refractivity contribution < 1.29 is 4.79 Å². The first-order valence-corrected chi connectivity index (χ1v) is 9.12. The molecular weight excluding hydrogens is 328 g/mol. The Bertz CT molecular complexity index is 997. The smallest absolute Gasteiger partial charge is 0.187 e. The molecule has 0 fully saturated rings. The summed E-state index contributed by atoms with van der Waals surface area (Å²) >= 11 is 0. The fourth-order valence-corrected chi connectivity index (χ4v) is 2.72. The Hall–Kier alpha value is -3.37. The molecule has 3 rings (SSSR count). The Morgan fingerprint density at radius 1 is 0.815 bits per heavy atom. The fraction of sp³-hybridized carbons (Fsp3) is 0.115. The highest BCUT2D eigenvalue weighted by molar-refractivity contribution is 6.08. The van der Waals surface area contributed by atoms with Crippen molar-refractivity contribution in [2.45, 2.75) is 19.8 Å². The summed E-state index contributed by atoms with van der Waals surface area (Å²) in [5, 5.41) is 0. The SMILES string of the molecule is CC(C)c1ccc(C#Cc2ccccc2C(=O)/C=C/c2ccccc2)cc1. The zero-order valence-corrected chi connectivity index (χ0v) is 15.6. The molecule has 27 heavy (non-hydrogen) atoms. The average molecular weight is 350 g/mol. The molecule has 1 nitrogen and oxygen atoms in total. The van der Waals surface area contributed by atoms with Gasteiger partial charge in [-0.2, -0.15) is 0 Å². The molecule has 3 aromatic rings. The van der Waals surface area contributed by atoms with E-state index in [-0.39, 0.29) is 5.78 Å². The Balaban J connectivity index is 1.82. The van der Waals surface area contributed by atoms with Crippen LogP contribution < -0.4 is 0 Å². The third-order valence-corrected chi connectivity index (χ3v) is 4.34. The minimum Gasteiger partial charge on any atom is -0.289 e. The Morgan fingerprint density at radius 2 is 1.48 bits per heavy atom. The van der Waals surface area contributed by atoms with Gasteiger partial charge >= 0.3 is 0 Å². The van der Waals surface area contributed by atoms with Gasteiger partial charge in [0.1, 0.15) is 0 Å². The highest BCUT2D eigenvalue weighted by Crippen LogP contribution is 2.15. The maximum Gasteiger partial charge on any atom is 0.187 e. The van der Waals surface area contributed by atoms with Gasteiger partial charge in [0.2, 0.25) is 0 Å². The molecule has 3 aromatic carbocycles. The van der Waals surface area contributed by atoms with Crippen molar-refractivity contribution in [3.63, 3.8) is 0 Å². The highest BCUT2D eigenvalue weighted by Gasteiger charge is 2.06. The summed E-state index contributed by atoms with van der Waals surface area (Å²) in [5.74, 6) is 6.78. The number of carbonyl (C=O) groups excluding carboxylic acids is 1. The molecule has 0 spiro atoms. The number of ketones is 1. The van der Waals surface area contributed by atoms with Crippen LogP contribution in [0.3, 0.4) is 0 Å². The van der Waals surface area contributed by atoms with Crippen molar-refractivity contribution in [3.05, 3.63) is 113 Å². The maximum atomic E-state index is 12.6. The van der Waals surface area contributed by atoms with Crippen LogP contribution in [0, 0.1) is 11.8 Å². The van der Waals surface area contributed by atoms with Gasteiger partial charge in [-0.05, 0) is 47.4 Å². The van der Waals surface area contributed by atoms with Crippen LogP contribution in [0.25, 0.3) is 6.08 Å². The second-order valence-electron chi connectivity index (χ2n) is 6.68. The molecule has 0 N–H and O–H groups in total. The molecule has 1 heteroatoms. The van der Waals surface area contributed by atoms with E-state index in [0.717, 1.165) is 16.7 Å². The first kappa shape index (κ1) is 18.4. The normalized spacial score (nSPS) is 10.6. The maximum absolute atomic E-state index is 12.6. The van der Waals surface area contributed by atoms with Crippen LogP contribution in [0.1, 0.15) is 52.4 Å². The van der Waals surface area contributed by atoms with E-state index in [9.17, 15) is 4.79 Å². The summed E-state index contributed by atoms with van der Waals surface area (Å²) in [6.07, 6.45) is 3.43. The molecule has 0 amide bonds. The summed E-state index contributed by atoms with van der Waals surface area (Å²) in [4.78, 5) is 12.6. The predicted molar refractivity (Wildman–Crippen MR) is 113 cm³/mol. The molecule has 132 valence electrons. The van der Waals surface area contributed by atoms with Crippen molar-refractivity contribution in [1.29, 1.82) is 0 Å². The van der Waals surface area contributed by atoms with E-state index in [1.54, 1.807) is 6.08 Å². The lowest BCUT2D eigenvalue weighted by Crippen LogP contribution is -1.98. The Labute approximate surface area is 161 Å². The zero-order valence-electron chi connectivity index (χ0n) is 15.6. The molecule has 0 unspecified atom stereocenters. The van der Waals surface area contributed by atoms with Crippen LogP contribution in [-0.2, 0) is 0 Å². The van der Waals surface area contributed by atoms with Gasteiger partial charge in [-0.1, -0.05) is 86.4 Å². The van der Waals surface area contributed by atoms with E-state index in [0.29, 0.717) is 11.5 Å². The highest BCUT2D eigenvalue weighted by atomic mass is 16.1. The van der Waals surface area contributed by atoms with Gasteiger partial charge in [0.25, 0.3) is 0 Å². The van der Waals surface area contributed by atoms with E-state index in [1.807, 2.05) is 72.8 Å². The van der Waals surface area contributed by atoms with Crippen LogP contribution in [0.5, 0.6) is 0 Å². The van der Waals surface area contributed by atoms with E-state index in [2.05, 4.69) is 37.8 Å². The van der Waals surface area contributed by atoms with Crippen molar-refractivity contribution in [2.24, 2.45) is 0 Å². The second-order valence-corrected chi connectivity index (χ2v) is 6.68. The molecule has 0 radical (unpaired) electrons. The van der Waals surface area contributed by atoms with Crippen LogP contribution in [0.2, 0.25) is 0 Å². The average Bonchev–Trinajstić information content (AvgIpc) is 2.71. The van der Waals surface area contributed by atoms with Gasteiger partial charge in [-0.15, -0.1) is 0 Å². The van der Waals surface area contributed by atoms with Gasteiger partial charge in [-0.25, -0.2) is 0 Å². The molecule has 0 bridgehead atoms. The molecule has 0 heterocycles. The van der Waals surface area contributed by atoms with Crippen molar-refractivity contribution >= 4 is 11.9 Å². The minimum absolute atomic E-state index is 0.0427. The fourth-order valence-electron chi connectivity index (χ4n) is 2.72. The van der Waals surface area contributed by atoms with E-state index in [1.165, 1.54) is 5.56 Å². The summed E-state index contributed by atoms with van der Waals surface area (Å²) in [5.41, 5.74) is 4.60. The number of hydrogen-bond donors (Lipinski definition) is 0. The van der Waals surface area contributed by atoms with Gasteiger partial charge in [0.05, 0.1) is 0 Å². The van der Waals surface area contributed by atoms with Gasteiger partial charge in [0.15, 0.2) is 5.78 Å². The van der Waals surface area contributed by atoms with Gasteiger partial charge in [-0.3, -0.25) is 4.79 Å². The summed E-state index contributed by atoms with van der Waals surface area (Å²) in [6, 6.07) is 25.6. The Kier molecular flexibility index (Phi) is 6.02. The molecule has 0 aliphatic carbocycles. The first-order valence-electron chi connectivity index (χ1n) is 9.12. The molecule has 0 aliphatic rings. The minimum atomic E-state index is -0.0427. The van der Waals surface area contributed by atoms with Crippen molar-refractivity contribution in [1.82, 2.24) is 0 Å². The largest absolute Gasteiger partial charge is 0.289 e. The number of benzene rings is 3. The number of allylic oxidation sites excluding steroid dienone is 1. The lowest BCUT2D eigenvalue weighted by atomic mass is 10.0. The lowest BCUT2D eigenvalue weighted by Gasteiger charge is -2.04. The molecule has 0 aliphatic heterocycles. The number of rotatable bonds is 4. The molecule has 0 saturated heterocycles. The van der Waals surface area contributed by atoms with Crippen molar-refractivity contribution in [2.75, 3.05) is 0 Å². The number of hydrogen-bond acceptors (Lipinski definition) is 1. The van der Waals surface area contributed by atoms with E-state index < -0.39 is 0 Å². The third-order valence-electron chi connectivity index (χ3n) is 4.34. The van der Waals surface area contributed by atoms with E-state index >= 15 is 0 Å². The monoisotopic (exact) mass is 350 g/mol. The quantitative estimate of drug-likeness (QED) is 0.315. The van der Waals surface area contributed by atoms with Gasteiger partial charge in [0, 0.05) is 16.7 Å². The Morgan fingerprint density at radius 3 is 2.19 bits per heavy atom. The van der Waals surface area contributed by atoms with Crippen LogP contribution in [-0.4, -0.2) is 5.78 Å². The zero-order chi connectivity index (χ0) is 19.1. The molecular formula is C26H22O. The first-order chi connectivity index (χ1) is 13.1. The van der Waals surface area contributed by atoms with Crippen LogP contribution in [0.15, 0.2) is 84.9 Å². The third kappa shape index (κ3) is 5.06. The summed E-state index contributed by atoms with van der Waals surface area (Å²) < 4.78 is 0. The van der Waals surface area contributed by atoms with Crippen LogP contribution in [0.4, 0.5) is 0 Å². The summed E-state index contributed by atoms with van der Waals surface area (Å²) in [6.45, 7) is 4.34. The van der Waals surface area contributed by atoms with E-state index in [4.69, 9.17) is 0 Å². The topological polar surface area (TPSA) is 17.1 Å². The number of carbonyl (C=O) groups is 1. The summed E-state index contributed by atoms with van der Waals surface area (Å²) in [7, 11) is 0. The molecule has 0 aromatic heterocycles. The predicted octanol–water partition coefficient (Wildman–Crippen LogP) is 6.11. The molecule has 0 saturated carbocycles.